The van der Waals surface area contributed by atoms with E-state index in [0.717, 1.165) is 16.7 Å². The fourth-order valence-corrected chi connectivity index (χ4v) is 3.53. The fourth-order valence-electron chi connectivity index (χ4n) is 3.33. The molecule has 0 saturated carbocycles. The van der Waals surface area contributed by atoms with E-state index in [-0.39, 0.29) is 12.5 Å². The lowest BCUT2D eigenvalue weighted by molar-refractivity contribution is -0.128. The summed E-state index contributed by atoms with van der Waals surface area (Å²) in [5.41, 5.74) is 8.54. The Morgan fingerprint density at radius 2 is 2.00 bits per heavy atom. The molecule has 2 aromatic heterocycles. The number of carbonyl (C=O) groups excluding carboxylic acids is 1. The van der Waals surface area contributed by atoms with Gasteiger partial charge in [0.25, 0.3) is 6.01 Å². The predicted molar refractivity (Wildman–Crippen MR) is 124 cm³/mol. The first-order valence-electron chi connectivity index (χ1n) is 10.0. The zero-order valence-electron chi connectivity index (χ0n) is 18.0. The van der Waals surface area contributed by atoms with E-state index < -0.39 is 0 Å². The van der Waals surface area contributed by atoms with Crippen LogP contribution in [0.25, 0.3) is 22.6 Å². The van der Waals surface area contributed by atoms with Crippen LogP contribution < -0.4 is 15.8 Å². The third-order valence-corrected chi connectivity index (χ3v) is 5.23. The zero-order valence-corrected chi connectivity index (χ0v) is 18.8. The number of rotatable bonds is 8. The van der Waals surface area contributed by atoms with Crippen molar-refractivity contribution < 1.29 is 18.4 Å². The van der Waals surface area contributed by atoms with E-state index in [1.54, 1.807) is 38.7 Å². The van der Waals surface area contributed by atoms with Crippen LogP contribution in [-0.4, -0.2) is 41.5 Å². The van der Waals surface area contributed by atoms with Crippen molar-refractivity contribution in [3.8, 4) is 28.4 Å². The number of benzene rings is 2. The molecule has 10 heteroatoms. The zero-order chi connectivity index (χ0) is 23.4. The molecule has 33 heavy (non-hydrogen) atoms. The first-order valence-corrected chi connectivity index (χ1v) is 10.4. The lowest BCUT2D eigenvalue weighted by Gasteiger charge is -2.18. The number of ether oxygens (including phenoxy) is 1. The summed E-state index contributed by atoms with van der Waals surface area (Å²) in [6.45, 7) is 0.261. The van der Waals surface area contributed by atoms with Gasteiger partial charge in [0.15, 0.2) is 17.9 Å². The number of hydrogen-bond acceptors (Lipinski definition) is 8. The summed E-state index contributed by atoms with van der Waals surface area (Å²) in [5.74, 6) is 1.56. The summed E-state index contributed by atoms with van der Waals surface area (Å²) >= 11 is 6.18. The Kier molecular flexibility index (Phi) is 6.62. The van der Waals surface area contributed by atoms with Crippen molar-refractivity contribution in [2.45, 2.75) is 6.54 Å². The van der Waals surface area contributed by atoms with E-state index in [4.69, 9.17) is 30.9 Å². The highest BCUT2D eigenvalue weighted by molar-refractivity contribution is 6.30. The van der Waals surface area contributed by atoms with Crippen molar-refractivity contribution in [3.05, 3.63) is 65.8 Å². The molecule has 0 saturated heterocycles. The van der Waals surface area contributed by atoms with Crippen molar-refractivity contribution in [2.75, 3.05) is 26.0 Å². The maximum absolute atomic E-state index is 11.9. The number of oxazole rings is 2. The molecule has 4 aromatic rings. The summed E-state index contributed by atoms with van der Waals surface area (Å²) < 4.78 is 16.8. The Morgan fingerprint density at radius 3 is 2.73 bits per heavy atom. The number of halogens is 1. The molecule has 0 aliphatic carbocycles. The van der Waals surface area contributed by atoms with Crippen molar-refractivity contribution in [1.29, 1.82) is 0 Å². The van der Waals surface area contributed by atoms with Crippen LogP contribution in [0.1, 0.15) is 5.56 Å². The van der Waals surface area contributed by atoms with Gasteiger partial charge in [0.05, 0.1) is 31.6 Å². The van der Waals surface area contributed by atoms with Crippen LogP contribution in [0.15, 0.2) is 64.0 Å². The number of anilines is 2. The third kappa shape index (κ3) is 5.00. The van der Waals surface area contributed by atoms with Crippen molar-refractivity contribution in [2.24, 2.45) is 5.73 Å². The summed E-state index contributed by atoms with van der Waals surface area (Å²) in [5, 5.41) is 3.68. The number of carbonyl (C=O) groups is 1. The number of methoxy groups -OCH3 is 1. The minimum atomic E-state index is -0.177. The standard InChI is InChI=1S/C23H22ClN5O4/c1-29(22(30)9-25)12-14-7-15(24)3-5-17(14)21-11-27-23(33-21)28-16-4-6-18(19(8-16)31-2)20-10-26-13-32-20/h3-8,10-11,13H,9,12,25H2,1-2H3,(H,27,28). The monoisotopic (exact) mass is 467 g/mol. The van der Waals surface area contributed by atoms with Gasteiger partial charge in [-0.1, -0.05) is 11.6 Å². The van der Waals surface area contributed by atoms with Gasteiger partial charge in [-0.15, -0.1) is 0 Å². The SMILES string of the molecule is COc1cc(Nc2ncc(-c3ccc(Cl)cc3CN(C)C(=O)CN)o2)ccc1-c1cnco1. The molecule has 0 aliphatic heterocycles. The minimum Gasteiger partial charge on any atom is -0.496 e. The van der Waals surface area contributed by atoms with Crippen molar-refractivity contribution in [1.82, 2.24) is 14.9 Å². The first-order chi connectivity index (χ1) is 16.0. The first kappa shape index (κ1) is 22.4. The van der Waals surface area contributed by atoms with Crippen LogP contribution in [-0.2, 0) is 11.3 Å². The highest BCUT2D eigenvalue weighted by atomic mass is 35.5. The third-order valence-electron chi connectivity index (χ3n) is 5.00. The second kappa shape index (κ2) is 9.76. The quantitative estimate of drug-likeness (QED) is 0.393. The summed E-state index contributed by atoms with van der Waals surface area (Å²) in [4.78, 5) is 21.7. The highest BCUT2D eigenvalue weighted by Gasteiger charge is 2.16. The molecule has 0 fully saturated rings. The molecule has 0 bridgehead atoms. The number of hydrogen-bond donors (Lipinski definition) is 2. The van der Waals surface area contributed by atoms with Crippen LogP contribution in [0.3, 0.4) is 0 Å². The number of nitrogens with zero attached hydrogens (tertiary/aromatic N) is 3. The summed E-state index contributed by atoms with van der Waals surface area (Å²) in [7, 11) is 3.26. The molecule has 0 atom stereocenters. The second-order valence-corrected chi connectivity index (χ2v) is 7.63. The lowest BCUT2D eigenvalue weighted by atomic mass is 10.1. The topological polar surface area (TPSA) is 120 Å². The van der Waals surface area contributed by atoms with Crippen LogP contribution in [0.5, 0.6) is 5.75 Å². The van der Waals surface area contributed by atoms with E-state index in [1.807, 2.05) is 24.3 Å². The number of nitrogens with one attached hydrogen (secondary N) is 1. The Bertz CT molecular complexity index is 1260. The normalized spacial score (nSPS) is 10.8. The molecule has 170 valence electrons. The molecule has 2 heterocycles. The second-order valence-electron chi connectivity index (χ2n) is 7.19. The average molecular weight is 468 g/mol. The molecule has 9 nitrogen and oxygen atoms in total. The number of nitrogens with two attached hydrogens (primary N) is 1. The van der Waals surface area contributed by atoms with E-state index >= 15 is 0 Å². The van der Waals surface area contributed by atoms with Gasteiger partial charge < -0.3 is 29.5 Å². The predicted octanol–water partition coefficient (Wildman–Crippen LogP) is 4.32. The van der Waals surface area contributed by atoms with E-state index in [0.29, 0.717) is 40.5 Å². The van der Waals surface area contributed by atoms with Gasteiger partial charge in [-0.05, 0) is 35.9 Å². The maximum Gasteiger partial charge on any atom is 0.299 e. The van der Waals surface area contributed by atoms with E-state index in [1.165, 1.54) is 11.3 Å². The van der Waals surface area contributed by atoms with Gasteiger partial charge in [0.2, 0.25) is 5.91 Å². The smallest absolute Gasteiger partial charge is 0.299 e. The van der Waals surface area contributed by atoms with Crippen LogP contribution >= 0.6 is 11.6 Å². The Hall–Kier alpha value is -3.82. The largest absolute Gasteiger partial charge is 0.496 e. The molecular formula is C23H22ClN5O4. The van der Waals surface area contributed by atoms with Gasteiger partial charge in [-0.2, -0.15) is 0 Å². The number of amides is 1. The number of likely N-dealkylation sites (N-methyl/N-ethyl adjacent to an activating group) is 1. The molecule has 1 amide bonds. The van der Waals surface area contributed by atoms with Crippen LogP contribution in [0, 0.1) is 0 Å². The Balaban J connectivity index is 1.57. The summed E-state index contributed by atoms with van der Waals surface area (Å²) in [6.07, 6.45) is 4.59. The Morgan fingerprint density at radius 1 is 1.18 bits per heavy atom. The molecule has 0 unspecified atom stereocenters. The molecular weight excluding hydrogens is 446 g/mol. The molecule has 4 rings (SSSR count). The van der Waals surface area contributed by atoms with Crippen molar-refractivity contribution in [3.63, 3.8) is 0 Å². The van der Waals surface area contributed by atoms with Gasteiger partial charge in [-0.25, -0.2) is 9.97 Å². The molecule has 0 radical (unpaired) electrons. The average Bonchev–Trinajstić information content (AvgIpc) is 3.51. The summed E-state index contributed by atoms with van der Waals surface area (Å²) in [6, 6.07) is 11.2. The fraction of sp³-hybridized carbons (Fsp3) is 0.174. The van der Waals surface area contributed by atoms with Gasteiger partial charge >= 0.3 is 0 Å². The van der Waals surface area contributed by atoms with Crippen molar-refractivity contribution >= 4 is 29.2 Å². The lowest BCUT2D eigenvalue weighted by Crippen LogP contribution is -2.32. The molecule has 3 N–H and O–H groups in total. The van der Waals surface area contributed by atoms with Gasteiger partial charge in [0, 0.05) is 35.9 Å². The maximum atomic E-state index is 11.9. The Labute approximate surface area is 195 Å². The molecule has 2 aromatic carbocycles. The van der Waals surface area contributed by atoms with Crippen LogP contribution in [0.2, 0.25) is 5.02 Å². The van der Waals surface area contributed by atoms with E-state index in [9.17, 15) is 4.79 Å². The number of aromatic nitrogens is 2. The minimum absolute atomic E-state index is 0.0680. The molecule has 0 aliphatic rings. The van der Waals surface area contributed by atoms with Crippen LogP contribution in [0.4, 0.5) is 11.7 Å². The molecule has 0 spiro atoms. The van der Waals surface area contributed by atoms with Gasteiger partial charge in [-0.3, -0.25) is 4.79 Å². The van der Waals surface area contributed by atoms with Gasteiger partial charge in [0.1, 0.15) is 5.75 Å². The van der Waals surface area contributed by atoms with E-state index in [2.05, 4.69) is 15.3 Å². The highest BCUT2D eigenvalue weighted by Crippen LogP contribution is 2.34.